The van der Waals surface area contributed by atoms with Gasteiger partial charge in [0, 0.05) is 55.6 Å². The fourth-order valence-corrected chi connectivity index (χ4v) is 3.54. The molecule has 3 rings (SSSR count). The van der Waals surface area contributed by atoms with Crippen LogP contribution in [-0.2, 0) is 4.79 Å². The van der Waals surface area contributed by atoms with Gasteiger partial charge in [0.1, 0.15) is 5.75 Å². The first-order chi connectivity index (χ1) is 12.3. The molecule has 0 atom stereocenters. The van der Waals surface area contributed by atoms with Crippen molar-refractivity contribution in [2.75, 3.05) is 43.9 Å². The van der Waals surface area contributed by atoms with Crippen LogP contribution in [0.5, 0.6) is 5.75 Å². The number of methoxy groups -OCH3 is 1. The zero-order valence-corrected chi connectivity index (χ0v) is 15.1. The lowest BCUT2D eigenvalue weighted by Crippen LogP contribution is -2.49. The van der Waals surface area contributed by atoms with E-state index in [0.29, 0.717) is 6.42 Å². The van der Waals surface area contributed by atoms with Crippen molar-refractivity contribution in [3.8, 4) is 5.75 Å². The molecule has 0 saturated carbocycles. The Hall–Kier alpha value is -2.28. The van der Waals surface area contributed by atoms with Gasteiger partial charge in [-0.3, -0.25) is 4.79 Å². The first-order valence-corrected chi connectivity index (χ1v) is 9.31. The Bertz CT molecular complexity index is 673. The number of anilines is 1. The first kappa shape index (κ1) is 17.5. The highest BCUT2D eigenvalue weighted by atomic mass is 32.2. The van der Waals surface area contributed by atoms with E-state index in [9.17, 15) is 4.79 Å². The quantitative estimate of drug-likeness (QED) is 0.739. The van der Waals surface area contributed by atoms with Crippen molar-refractivity contribution < 1.29 is 9.53 Å². The Balaban J connectivity index is 1.40. The maximum Gasteiger partial charge on any atom is 0.225 e. The van der Waals surface area contributed by atoms with E-state index < -0.39 is 0 Å². The minimum Gasteiger partial charge on any atom is -0.497 e. The van der Waals surface area contributed by atoms with E-state index in [1.54, 1.807) is 31.3 Å². The molecule has 0 bridgehead atoms. The van der Waals surface area contributed by atoms with E-state index in [1.165, 1.54) is 0 Å². The van der Waals surface area contributed by atoms with Crippen LogP contribution < -0.4 is 9.64 Å². The highest BCUT2D eigenvalue weighted by Crippen LogP contribution is 2.22. The van der Waals surface area contributed by atoms with Crippen LogP contribution in [0, 0.1) is 0 Å². The molecule has 7 heteroatoms. The van der Waals surface area contributed by atoms with Gasteiger partial charge in [-0.1, -0.05) is 0 Å². The van der Waals surface area contributed by atoms with Crippen LogP contribution in [0.3, 0.4) is 0 Å². The molecular weight excluding hydrogens is 336 g/mol. The van der Waals surface area contributed by atoms with Gasteiger partial charge < -0.3 is 14.5 Å². The molecule has 1 amide bonds. The second-order valence-corrected chi connectivity index (χ2v) is 6.86. The maximum absolute atomic E-state index is 12.4. The fraction of sp³-hybridized carbons (Fsp3) is 0.389. The summed E-state index contributed by atoms with van der Waals surface area (Å²) in [5, 5.41) is 0. The number of carbonyl (C=O) groups is 1. The lowest BCUT2D eigenvalue weighted by atomic mass is 10.3. The van der Waals surface area contributed by atoms with Crippen molar-refractivity contribution in [1.82, 2.24) is 14.9 Å². The summed E-state index contributed by atoms with van der Waals surface area (Å²) >= 11 is 1.70. The highest BCUT2D eigenvalue weighted by Gasteiger charge is 2.22. The summed E-state index contributed by atoms with van der Waals surface area (Å²) in [6.45, 7) is 3.01. The number of benzene rings is 1. The van der Waals surface area contributed by atoms with E-state index >= 15 is 0 Å². The summed E-state index contributed by atoms with van der Waals surface area (Å²) in [7, 11) is 1.66. The van der Waals surface area contributed by atoms with Crippen LogP contribution in [0.2, 0.25) is 0 Å². The number of carbonyl (C=O) groups excluding carboxylic acids is 1. The van der Waals surface area contributed by atoms with Crippen LogP contribution in [0.25, 0.3) is 0 Å². The number of hydrogen-bond acceptors (Lipinski definition) is 6. The molecule has 132 valence electrons. The van der Waals surface area contributed by atoms with E-state index in [0.717, 1.165) is 48.5 Å². The third-order valence-electron chi connectivity index (χ3n) is 4.11. The second-order valence-electron chi connectivity index (χ2n) is 5.69. The molecule has 1 fully saturated rings. The van der Waals surface area contributed by atoms with E-state index in [4.69, 9.17) is 4.74 Å². The molecule has 2 aromatic rings. The predicted octanol–water partition coefficient (Wildman–Crippen LogP) is 2.32. The predicted molar refractivity (Wildman–Crippen MR) is 99.2 cm³/mol. The molecule has 1 saturated heterocycles. The van der Waals surface area contributed by atoms with Gasteiger partial charge in [-0.05, 0) is 30.3 Å². The maximum atomic E-state index is 12.4. The molecule has 1 aliphatic rings. The summed E-state index contributed by atoms with van der Waals surface area (Å²) in [6, 6.07) is 9.73. The van der Waals surface area contributed by atoms with Crippen molar-refractivity contribution in [3.63, 3.8) is 0 Å². The van der Waals surface area contributed by atoms with Crippen molar-refractivity contribution in [2.24, 2.45) is 0 Å². The van der Waals surface area contributed by atoms with Crippen molar-refractivity contribution >= 4 is 23.6 Å². The third-order valence-corrected chi connectivity index (χ3v) is 5.13. The van der Waals surface area contributed by atoms with Gasteiger partial charge in [-0.25, -0.2) is 9.97 Å². The van der Waals surface area contributed by atoms with E-state index in [2.05, 4.69) is 14.9 Å². The smallest absolute Gasteiger partial charge is 0.225 e. The molecule has 0 radical (unpaired) electrons. The summed E-state index contributed by atoms with van der Waals surface area (Å²) in [5.41, 5.74) is 0. The van der Waals surface area contributed by atoms with Gasteiger partial charge in [0.2, 0.25) is 11.9 Å². The number of hydrogen-bond donors (Lipinski definition) is 0. The normalized spacial score (nSPS) is 14.4. The number of aromatic nitrogens is 2. The molecule has 1 aliphatic heterocycles. The lowest BCUT2D eigenvalue weighted by molar-refractivity contribution is -0.131. The van der Waals surface area contributed by atoms with Gasteiger partial charge in [-0.15, -0.1) is 11.8 Å². The Labute approximate surface area is 152 Å². The monoisotopic (exact) mass is 358 g/mol. The molecule has 1 aromatic carbocycles. The van der Waals surface area contributed by atoms with Gasteiger partial charge in [0.25, 0.3) is 0 Å². The van der Waals surface area contributed by atoms with Crippen molar-refractivity contribution in [1.29, 1.82) is 0 Å². The summed E-state index contributed by atoms with van der Waals surface area (Å²) in [4.78, 5) is 26.1. The van der Waals surface area contributed by atoms with Gasteiger partial charge in [-0.2, -0.15) is 0 Å². The van der Waals surface area contributed by atoms with Crippen molar-refractivity contribution in [3.05, 3.63) is 42.7 Å². The first-order valence-electron chi connectivity index (χ1n) is 8.33. The topological polar surface area (TPSA) is 58.6 Å². The minimum absolute atomic E-state index is 0.217. The molecule has 2 heterocycles. The molecule has 0 unspecified atom stereocenters. The summed E-state index contributed by atoms with van der Waals surface area (Å²) < 4.78 is 5.15. The van der Waals surface area contributed by atoms with Crippen LogP contribution in [0.15, 0.2) is 47.6 Å². The number of nitrogens with zero attached hydrogens (tertiary/aromatic N) is 4. The highest BCUT2D eigenvalue weighted by molar-refractivity contribution is 7.99. The number of ether oxygens (including phenoxy) is 1. The summed E-state index contributed by atoms with van der Waals surface area (Å²) in [6.07, 6.45) is 4.05. The number of thioether (sulfide) groups is 1. The minimum atomic E-state index is 0.217. The number of piperazine rings is 1. The molecule has 0 aliphatic carbocycles. The van der Waals surface area contributed by atoms with Crippen molar-refractivity contribution in [2.45, 2.75) is 11.3 Å². The Morgan fingerprint density at radius 3 is 2.44 bits per heavy atom. The summed E-state index contributed by atoms with van der Waals surface area (Å²) in [5.74, 6) is 2.59. The largest absolute Gasteiger partial charge is 0.497 e. The third kappa shape index (κ3) is 4.85. The Morgan fingerprint density at radius 1 is 1.12 bits per heavy atom. The molecule has 6 nitrogen and oxygen atoms in total. The van der Waals surface area contributed by atoms with Crippen LogP contribution >= 0.6 is 11.8 Å². The van der Waals surface area contributed by atoms with E-state index in [1.807, 2.05) is 35.2 Å². The standard InChI is InChI=1S/C18H22N4O2S/c1-24-15-3-5-16(6-4-15)25-14-7-17(23)21-10-12-22(13-11-21)18-19-8-2-9-20-18/h2-6,8-9H,7,10-14H2,1H3. The van der Waals surface area contributed by atoms with Gasteiger partial charge in [0.15, 0.2) is 0 Å². The van der Waals surface area contributed by atoms with Crippen LogP contribution in [0.4, 0.5) is 5.95 Å². The average Bonchev–Trinajstić information content (AvgIpc) is 2.69. The molecular formula is C18H22N4O2S. The molecule has 0 N–H and O–H groups in total. The van der Waals surface area contributed by atoms with Gasteiger partial charge >= 0.3 is 0 Å². The van der Waals surface area contributed by atoms with Crippen LogP contribution in [-0.4, -0.2) is 59.8 Å². The number of rotatable bonds is 6. The molecule has 1 aromatic heterocycles. The zero-order valence-electron chi connectivity index (χ0n) is 14.3. The average molecular weight is 358 g/mol. The Morgan fingerprint density at radius 2 is 1.80 bits per heavy atom. The lowest BCUT2D eigenvalue weighted by Gasteiger charge is -2.34. The molecule has 0 spiro atoms. The second kappa shape index (κ2) is 8.71. The fourth-order valence-electron chi connectivity index (χ4n) is 2.70. The zero-order chi connectivity index (χ0) is 17.5. The van der Waals surface area contributed by atoms with Gasteiger partial charge in [0.05, 0.1) is 7.11 Å². The van der Waals surface area contributed by atoms with E-state index in [-0.39, 0.29) is 5.91 Å². The SMILES string of the molecule is COc1ccc(SCCC(=O)N2CCN(c3ncccn3)CC2)cc1. The number of amides is 1. The molecule has 25 heavy (non-hydrogen) atoms. The van der Waals surface area contributed by atoms with Crippen LogP contribution in [0.1, 0.15) is 6.42 Å². The Kier molecular flexibility index (Phi) is 6.11.